The van der Waals surface area contributed by atoms with E-state index in [1.54, 1.807) is 13.1 Å². The van der Waals surface area contributed by atoms with Crippen molar-refractivity contribution in [3.63, 3.8) is 0 Å². The highest BCUT2D eigenvalue weighted by Crippen LogP contribution is 2.19. The molecule has 1 heterocycles. The number of amides is 2. The molecule has 7 heteroatoms. The van der Waals surface area contributed by atoms with Crippen LogP contribution in [0.3, 0.4) is 0 Å². The third kappa shape index (κ3) is 5.11. The number of nitrogens with zero attached hydrogens (tertiary/aromatic N) is 3. The Morgan fingerprint density at radius 1 is 1.10 bits per heavy atom. The maximum Gasteiger partial charge on any atom is 0.243 e. The molecule has 0 atom stereocenters. The number of nitrogens with one attached hydrogen (secondary N) is 1. The molecule has 0 fully saturated rings. The van der Waals surface area contributed by atoms with Gasteiger partial charge < -0.3 is 10.2 Å². The van der Waals surface area contributed by atoms with E-state index in [1.807, 2.05) is 48.9 Å². The SMILES string of the molecule is Cc1nn(-c2ccccc2)c(C)c1CCC(=O)N(C)CC(=O)Nc1cccc(F)c1. The molecule has 2 amide bonds. The van der Waals surface area contributed by atoms with Crippen LogP contribution in [0.2, 0.25) is 0 Å². The predicted octanol–water partition coefficient (Wildman–Crippen LogP) is 3.66. The standard InChI is InChI=1S/C23H25FN4O2/c1-16-21(17(2)28(26-16)20-10-5-4-6-11-20)12-13-23(30)27(3)15-22(29)25-19-9-7-8-18(24)14-19/h4-11,14H,12-13,15H2,1-3H3,(H,25,29). The average molecular weight is 408 g/mol. The van der Waals surface area contributed by atoms with Crippen molar-refractivity contribution in [2.45, 2.75) is 26.7 Å². The number of aromatic nitrogens is 2. The van der Waals surface area contributed by atoms with Gasteiger partial charge in [-0.3, -0.25) is 9.59 Å². The van der Waals surface area contributed by atoms with Crippen LogP contribution in [0.5, 0.6) is 0 Å². The van der Waals surface area contributed by atoms with Gasteiger partial charge in [0.25, 0.3) is 0 Å². The number of benzene rings is 2. The number of carbonyl (C=O) groups is 2. The van der Waals surface area contributed by atoms with Gasteiger partial charge in [0.05, 0.1) is 17.9 Å². The normalized spacial score (nSPS) is 10.7. The number of rotatable bonds is 7. The van der Waals surface area contributed by atoms with Crippen LogP contribution in [0.15, 0.2) is 54.6 Å². The molecule has 3 rings (SSSR count). The largest absolute Gasteiger partial charge is 0.336 e. The Labute approximate surface area is 175 Å². The van der Waals surface area contributed by atoms with Crippen LogP contribution in [0.25, 0.3) is 5.69 Å². The second kappa shape index (κ2) is 9.35. The molecule has 0 aliphatic rings. The highest BCUT2D eigenvalue weighted by molar-refractivity contribution is 5.94. The number of likely N-dealkylation sites (N-methyl/N-ethyl adjacent to an activating group) is 1. The molecule has 0 unspecified atom stereocenters. The third-order valence-corrected chi connectivity index (χ3v) is 4.95. The minimum Gasteiger partial charge on any atom is -0.336 e. The van der Waals surface area contributed by atoms with Gasteiger partial charge in [-0.1, -0.05) is 24.3 Å². The fraction of sp³-hybridized carbons (Fsp3) is 0.261. The predicted molar refractivity (Wildman–Crippen MR) is 114 cm³/mol. The molecule has 1 N–H and O–H groups in total. The van der Waals surface area contributed by atoms with E-state index < -0.39 is 5.82 Å². The minimum atomic E-state index is -0.431. The van der Waals surface area contributed by atoms with Crippen LogP contribution >= 0.6 is 0 Å². The Morgan fingerprint density at radius 3 is 2.53 bits per heavy atom. The lowest BCUT2D eigenvalue weighted by atomic mass is 10.1. The highest BCUT2D eigenvalue weighted by Gasteiger charge is 2.17. The summed E-state index contributed by atoms with van der Waals surface area (Å²) in [6, 6.07) is 15.5. The minimum absolute atomic E-state index is 0.101. The summed E-state index contributed by atoms with van der Waals surface area (Å²) in [5.41, 5.74) is 4.25. The van der Waals surface area contributed by atoms with Crippen LogP contribution in [-0.2, 0) is 16.0 Å². The molecule has 0 saturated heterocycles. The molecule has 0 radical (unpaired) electrons. The van der Waals surface area contributed by atoms with Crippen molar-refractivity contribution in [2.24, 2.45) is 0 Å². The number of para-hydroxylation sites is 1. The van der Waals surface area contributed by atoms with Crippen molar-refractivity contribution < 1.29 is 14.0 Å². The Bertz CT molecular complexity index is 1050. The summed E-state index contributed by atoms with van der Waals surface area (Å²) in [6.07, 6.45) is 0.811. The summed E-state index contributed by atoms with van der Waals surface area (Å²) in [6.45, 7) is 3.82. The highest BCUT2D eigenvalue weighted by atomic mass is 19.1. The quantitative estimate of drug-likeness (QED) is 0.649. The van der Waals surface area contributed by atoms with Gasteiger partial charge in [0, 0.05) is 24.8 Å². The van der Waals surface area contributed by atoms with Gasteiger partial charge in [-0.05, 0) is 56.2 Å². The number of aryl methyl sites for hydroxylation is 1. The van der Waals surface area contributed by atoms with Gasteiger partial charge in [-0.2, -0.15) is 5.10 Å². The zero-order chi connectivity index (χ0) is 21.7. The maximum atomic E-state index is 13.2. The van der Waals surface area contributed by atoms with Crippen molar-refractivity contribution in [1.82, 2.24) is 14.7 Å². The van der Waals surface area contributed by atoms with Crippen molar-refractivity contribution in [3.05, 3.63) is 77.4 Å². The van der Waals surface area contributed by atoms with Gasteiger partial charge in [-0.25, -0.2) is 9.07 Å². The number of anilines is 1. The third-order valence-electron chi connectivity index (χ3n) is 4.95. The monoisotopic (exact) mass is 408 g/mol. The first-order valence-corrected chi connectivity index (χ1v) is 9.75. The molecule has 0 aliphatic carbocycles. The molecule has 0 saturated carbocycles. The van der Waals surface area contributed by atoms with E-state index in [2.05, 4.69) is 10.4 Å². The van der Waals surface area contributed by atoms with E-state index in [0.717, 1.165) is 22.6 Å². The van der Waals surface area contributed by atoms with Crippen LogP contribution in [-0.4, -0.2) is 40.1 Å². The van der Waals surface area contributed by atoms with Gasteiger partial charge in [0.2, 0.25) is 11.8 Å². The second-order valence-electron chi connectivity index (χ2n) is 7.21. The van der Waals surface area contributed by atoms with Crippen LogP contribution in [0.1, 0.15) is 23.4 Å². The molecule has 0 aliphatic heterocycles. The molecule has 6 nitrogen and oxygen atoms in total. The summed E-state index contributed by atoms with van der Waals surface area (Å²) in [5.74, 6) is -0.949. The van der Waals surface area contributed by atoms with Crippen LogP contribution < -0.4 is 5.32 Å². The summed E-state index contributed by atoms with van der Waals surface area (Å²) in [7, 11) is 1.58. The van der Waals surface area contributed by atoms with E-state index in [1.165, 1.54) is 23.1 Å². The van der Waals surface area contributed by atoms with Crippen LogP contribution in [0.4, 0.5) is 10.1 Å². The fourth-order valence-corrected chi connectivity index (χ4v) is 3.35. The maximum absolute atomic E-state index is 13.2. The molecule has 0 spiro atoms. The second-order valence-corrected chi connectivity index (χ2v) is 7.21. The number of halogens is 1. The van der Waals surface area contributed by atoms with Gasteiger partial charge in [0.1, 0.15) is 5.82 Å². The lowest BCUT2D eigenvalue weighted by Gasteiger charge is -2.17. The first-order chi connectivity index (χ1) is 14.3. The number of hydrogen-bond donors (Lipinski definition) is 1. The Morgan fingerprint density at radius 2 is 1.83 bits per heavy atom. The molecular weight excluding hydrogens is 383 g/mol. The van der Waals surface area contributed by atoms with Gasteiger partial charge >= 0.3 is 0 Å². The van der Waals surface area contributed by atoms with E-state index in [-0.39, 0.29) is 24.8 Å². The Balaban J connectivity index is 1.57. The smallest absolute Gasteiger partial charge is 0.243 e. The summed E-state index contributed by atoms with van der Waals surface area (Å²) >= 11 is 0. The topological polar surface area (TPSA) is 67.2 Å². The van der Waals surface area contributed by atoms with Crippen molar-refractivity contribution in [3.8, 4) is 5.69 Å². The molecule has 2 aromatic carbocycles. The zero-order valence-corrected chi connectivity index (χ0v) is 17.4. The molecule has 30 heavy (non-hydrogen) atoms. The van der Waals surface area contributed by atoms with Crippen molar-refractivity contribution in [1.29, 1.82) is 0 Å². The molecule has 0 bridgehead atoms. The summed E-state index contributed by atoms with van der Waals surface area (Å²) in [5, 5.41) is 7.20. The van der Waals surface area contributed by atoms with E-state index in [0.29, 0.717) is 12.1 Å². The van der Waals surface area contributed by atoms with Crippen molar-refractivity contribution in [2.75, 3.05) is 18.9 Å². The zero-order valence-electron chi connectivity index (χ0n) is 17.4. The molecule has 1 aromatic heterocycles. The van der Waals surface area contributed by atoms with Crippen LogP contribution in [0, 0.1) is 19.7 Å². The number of carbonyl (C=O) groups excluding carboxylic acids is 2. The molecule has 3 aromatic rings. The molecular formula is C23H25FN4O2. The number of hydrogen-bond acceptors (Lipinski definition) is 3. The van der Waals surface area contributed by atoms with E-state index >= 15 is 0 Å². The lowest BCUT2D eigenvalue weighted by Crippen LogP contribution is -2.35. The van der Waals surface area contributed by atoms with Gasteiger partial charge in [0.15, 0.2) is 0 Å². The lowest BCUT2D eigenvalue weighted by molar-refractivity contribution is -0.133. The first-order valence-electron chi connectivity index (χ1n) is 9.75. The van der Waals surface area contributed by atoms with Gasteiger partial charge in [-0.15, -0.1) is 0 Å². The Kier molecular flexibility index (Phi) is 6.61. The first kappa shape index (κ1) is 21.2. The average Bonchev–Trinajstić information content (AvgIpc) is 3.00. The van der Waals surface area contributed by atoms with E-state index in [4.69, 9.17) is 0 Å². The summed E-state index contributed by atoms with van der Waals surface area (Å²) in [4.78, 5) is 26.0. The summed E-state index contributed by atoms with van der Waals surface area (Å²) < 4.78 is 15.1. The molecule has 156 valence electrons. The van der Waals surface area contributed by atoms with E-state index in [9.17, 15) is 14.0 Å². The Hall–Kier alpha value is -3.48. The van der Waals surface area contributed by atoms with Crippen molar-refractivity contribution >= 4 is 17.5 Å². The fourth-order valence-electron chi connectivity index (χ4n) is 3.35.